The standard InChI is InChI=1S/C17H18N2O3/c1-22-12-8-6-11(7-9-12)15-10-16(19-18-15)13-4-2-3-5-14(13)17(20)21/h6-10H,2-5H2,1H3,(H,18,19)(H,20,21). The van der Waals surface area contributed by atoms with Gasteiger partial charge in [0.25, 0.3) is 0 Å². The van der Waals surface area contributed by atoms with Crippen LogP contribution in [0.2, 0.25) is 0 Å². The Morgan fingerprint density at radius 3 is 2.64 bits per heavy atom. The Labute approximate surface area is 128 Å². The number of aliphatic carboxylic acids is 1. The number of ether oxygens (including phenoxy) is 1. The molecule has 1 aromatic carbocycles. The number of carboxylic acid groups (broad SMARTS) is 1. The number of hydrogen-bond donors (Lipinski definition) is 2. The van der Waals surface area contributed by atoms with Crippen molar-refractivity contribution in [1.29, 1.82) is 0 Å². The molecule has 0 fully saturated rings. The number of benzene rings is 1. The predicted molar refractivity (Wildman–Crippen MR) is 83.6 cm³/mol. The van der Waals surface area contributed by atoms with E-state index in [2.05, 4.69) is 10.2 Å². The smallest absolute Gasteiger partial charge is 0.331 e. The third-order valence-electron chi connectivity index (χ3n) is 4.01. The van der Waals surface area contributed by atoms with Crippen LogP contribution in [0.15, 0.2) is 35.9 Å². The molecule has 0 radical (unpaired) electrons. The van der Waals surface area contributed by atoms with Crippen LogP contribution >= 0.6 is 0 Å². The highest BCUT2D eigenvalue weighted by molar-refractivity contribution is 5.96. The summed E-state index contributed by atoms with van der Waals surface area (Å²) in [6.07, 6.45) is 3.36. The number of nitrogens with one attached hydrogen (secondary N) is 1. The summed E-state index contributed by atoms with van der Waals surface area (Å²) >= 11 is 0. The van der Waals surface area contributed by atoms with Crippen LogP contribution < -0.4 is 4.74 Å². The minimum Gasteiger partial charge on any atom is -0.497 e. The van der Waals surface area contributed by atoms with Crippen LogP contribution in [0, 0.1) is 0 Å². The van der Waals surface area contributed by atoms with Crippen LogP contribution in [-0.2, 0) is 4.79 Å². The Bertz CT molecular complexity index is 714. The summed E-state index contributed by atoms with van der Waals surface area (Å²) < 4.78 is 5.14. The van der Waals surface area contributed by atoms with Gasteiger partial charge in [-0.25, -0.2) is 4.79 Å². The van der Waals surface area contributed by atoms with E-state index in [1.54, 1.807) is 7.11 Å². The average molecular weight is 298 g/mol. The molecule has 0 saturated carbocycles. The molecule has 5 heteroatoms. The van der Waals surface area contributed by atoms with Crippen molar-refractivity contribution in [3.05, 3.63) is 41.6 Å². The largest absolute Gasteiger partial charge is 0.497 e. The van der Waals surface area contributed by atoms with Crippen molar-refractivity contribution in [1.82, 2.24) is 10.2 Å². The third-order valence-corrected chi connectivity index (χ3v) is 4.01. The van der Waals surface area contributed by atoms with Crippen LogP contribution in [0.4, 0.5) is 0 Å². The maximum Gasteiger partial charge on any atom is 0.331 e. The Hall–Kier alpha value is -2.56. The van der Waals surface area contributed by atoms with Crippen molar-refractivity contribution in [3.63, 3.8) is 0 Å². The van der Waals surface area contributed by atoms with Gasteiger partial charge in [0, 0.05) is 11.1 Å². The predicted octanol–water partition coefficient (Wildman–Crippen LogP) is 3.50. The number of nitrogens with zero attached hydrogens (tertiary/aromatic N) is 1. The molecule has 0 unspecified atom stereocenters. The second kappa shape index (κ2) is 6.05. The number of carbonyl (C=O) groups is 1. The van der Waals surface area contributed by atoms with Gasteiger partial charge >= 0.3 is 5.97 Å². The number of allylic oxidation sites excluding steroid dienone is 1. The number of methoxy groups -OCH3 is 1. The van der Waals surface area contributed by atoms with Crippen LogP contribution in [0.3, 0.4) is 0 Å². The van der Waals surface area contributed by atoms with Gasteiger partial charge in [-0.2, -0.15) is 5.10 Å². The van der Waals surface area contributed by atoms with Crippen molar-refractivity contribution < 1.29 is 14.6 Å². The molecule has 2 N–H and O–H groups in total. The molecule has 0 bridgehead atoms. The van der Waals surface area contributed by atoms with Crippen LogP contribution in [0.1, 0.15) is 31.4 Å². The first-order valence-electron chi connectivity index (χ1n) is 7.34. The second-order valence-electron chi connectivity index (χ2n) is 5.36. The summed E-state index contributed by atoms with van der Waals surface area (Å²) in [5.41, 5.74) is 3.97. The summed E-state index contributed by atoms with van der Waals surface area (Å²) in [6, 6.07) is 9.56. The molecule has 114 valence electrons. The van der Waals surface area contributed by atoms with E-state index in [-0.39, 0.29) is 0 Å². The minimum absolute atomic E-state index is 0.510. The zero-order chi connectivity index (χ0) is 15.5. The van der Waals surface area contributed by atoms with Gasteiger partial charge in [0.1, 0.15) is 5.75 Å². The summed E-state index contributed by atoms with van der Waals surface area (Å²) in [5.74, 6) is -0.0297. The summed E-state index contributed by atoms with van der Waals surface area (Å²) in [4.78, 5) is 11.4. The van der Waals surface area contributed by atoms with Crippen LogP contribution in [-0.4, -0.2) is 28.4 Å². The summed E-state index contributed by atoms with van der Waals surface area (Å²) in [5, 5.41) is 16.6. The lowest BCUT2D eigenvalue weighted by atomic mass is 9.89. The Morgan fingerprint density at radius 1 is 1.23 bits per heavy atom. The fraction of sp³-hybridized carbons (Fsp3) is 0.294. The van der Waals surface area contributed by atoms with E-state index in [1.165, 1.54) is 0 Å². The van der Waals surface area contributed by atoms with Crippen molar-refractivity contribution >= 4 is 11.5 Å². The molecule has 0 saturated heterocycles. The van der Waals surface area contributed by atoms with Gasteiger partial charge < -0.3 is 9.84 Å². The van der Waals surface area contributed by atoms with E-state index in [9.17, 15) is 9.90 Å². The first-order valence-corrected chi connectivity index (χ1v) is 7.34. The molecule has 0 aliphatic heterocycles. The first kappa shape index (κ1) is 14.4. The van der Waals surface area contributed by atoms with E-state index < -0.39 is 5.97 Å². The zero-order valence-corrected chi connectivity index (χ0v) is 12.4. The quantitative estimate of drug-likeness (QED) is 0.906. The zero-order valence-electron chi connectivity index (χ0n) is 12.4. The molecule has 5 nitrogen and oxygen atoms in total. The first-order chi connectivity index (χ1) is 10.7. The van der Waals surface area contributed by atoms with Crippen molar-refractivity contribution in [2.24, 2.45) is 0 Å². The van der Waals surface area contributed by atoms with E-state index >= 15 is 0 Å². The number of hydrogen-bond acceptors (Lipinski definition) is 3. The van der Waals surface area contributed by atoms with E-state index in [4.69, 9.17) is 4.74 Å². The van der Waals surface area contributed by atoms with Gasteiger partial charge in [-0.3, -0.25) is 5.10 Å². The van der Waals surface area contributed by atoms with E-state index in [0.29, 0.717) is 12.0 Å². The van der Waals surface area contributed by atoms with Gasteiger partial charge in [0.05, 0.1) is 18.5 Å². The molecule has 1 aliphatic rings. The lowest BCUT2D eigenvalue weighted by molar-refractivity contribution is -0.132. The summed E-state index contributed by atoms with van der Waals surface area (Å²) in [7, 11) is 1.63. The Kier molecular flexibility index (Phi) is 3.96. The topological polar surface area (TPSA) is 75.2 Å². The number of H-pyrrole nitrogens is 1. The highest BCUT2D eigenvalue weighted by atomic mass is 16.5. The number of aromatic nitrogens is 2. The highest BCUT2D eigenvalue weighted by Crippen LogP contribution is 2.33. The fourth-order valence-corrected chi connectivity index (χ4v) is 2.82. The number of carboxylic acids is 1. The average Bonchev–Trinajstić information content (AvgIpc) is 3.04. The highest BCUT2D eigenvalue weighted by Gasteiger charge is 2.21. The second-order valence-corrected chi connectivity index (χ2v) is 5.36. The molecular weight excluding hydrogens is 280 g/mol. The molecule has 1 heterocycles. The minimum atomic E-state index is -0.824. The Balaban J connectivity index is 1.94. The molecular formula is C17H18N2O3. The SMILES string of the molecule is COc1ccc(-c2cc(C3=C(C(=O)O)CCCC3)[nH]n2)cc1. The molecule has 0 amide bonds. The van der Waals surface area contributed by atoms with Gasteiger partial charge in [0.2, 0.25) is 0 Å². The van der Waals surface area contributed by atoms with Gasteiger partial charge in [-0.05, 0) is 61.6 Å². The molecule has 0 atom stereocenters. The number of rotatable bonds is 4. The molecule has 22 heavy (non-hydrogen) atoms. The monoisotopic (exact) mass is 298 g/mol. The summed E-state index contributed by atoms with van der Waals surface area (Å²) in [6.45, 7) is 0. The molecule has 3 rings (SSSR count). The molecule has 1 aromatic heterocycles. The van der Waals surface area contributed by atoms with Gasteiger partial charge in [-0.15, -0.1) is 0 Å². The molecule has 2 aromatic rings. The fourth-order valence-electron chi connectivity index (χ4n) is 2.82. The Morgan fingerprint density at radius 2 is 1.95 bits per heavy atom. The van der Waals surface area contributed by atoms with E-state index in [1.807, 2.05) is 30.3 Å². The van der Waals surface area contributed by atoms with Crippen LogP contribution in [0.5, 0.6) is 5.75 Å². The third kappa shape index (κ3) is 2.74. The van der Waals surface area contributed by atoms with Crippen LogP contribution in [0.25, 0.3) is 16.8 Å². The van der Waals surface area contributed by atoms with Gasteiger partial charge in [-0.1, -0.05) is 0 Å². The molecule has 1 aliphatic carbocycles. The lowest BCUT2D eigenvalue weighted by Crippen LogP contribution is -2.08. The van der Waals surface area contributed by atoms with Crippen molar-refractivity contribution in [2.45, 2.75) is 25.7 Å². The van der Waals surface area contributed by atoms with Crippen molar-refractivity contribution in [2.75, 3.05) is 7.11 Å². The molecule has 0 spiro atoms. The van der Waals surface area contributed by atoms with E-state index in [0.717, 1.165) is 47.5 Å². The normalized spacial score (nSPS) is 15.0. The maximum atomic E-state index is 11.4. The number of aromatic amines is 1. The van der Waals surface area contributed by atoms with Crippen molar-refractivity contribution in [3.8, 4) is 17.0 Å². The van der Waals surface area contributed by atoms with Gasteiger partial charge in [0.15, 0.2) is 0 Å². The maximum absolute atomic E-state index is 11.4. The lowest BCUT2D eigenvalue weighted by Gasteiger charge is -2.16.